The number of hydrogen-bond acceptors (Lipinski definition) is 3. The standard InChI is InChI=1S/C15H24N2O/c1-3-7-18-15-9-13(16)8-14(10-15)17(4-2)11-12-5-6-12/h8-10,12H,3-7,11,16H2,1-2H3. The Morgan fingerprint density at radius 1 is 1.28 bits per heavy atom. The predicted octanol–water partition coefficient (Wildman–Crippen LogP) is 3.29. The Kier molecular flexibility index (Phi) is 4.34. The fraction of sp³-hybridized carbons (Fsp3) is 0.600. The maximum absolute atomic E-state index is 5.96. The molecule has 0 radical (unpaired) electrons. The molecular weight excluding hydrogens is 224 g/mol. The van der Waals surface area contributed by atoms with Gasteiger partial charge in [0, 0.05) is 36.6 Å². The Hall–Kier alpha value is -1.38. The molecule has 0 unspecified atom stereocenters. The van der Waals surface area contributed by atoms with Gasteiger partial charge in [-0.2, -0.15) is 0 Å². The lowest BCUT2D eigenvalue weighted by Gasteiger charge is -2.24. The molecule has 2 N–H and O–H groups in total. The van der Waals surface area contributed by atoms with Gasteiger partial charge in [0.15, 0.2) is 0 Å². The summed E-state index contributed by atoms with van der Waals surface area (Å²) in [6, 6.07) is 6.06. The molecule has 100 valence electrons. The van der Waals surface area contributed by atoms with Crippen LogP contribution in [-0.4, -0.2) is 19.7 Å². The minimum atomic E-state index is 0.748. The summed E-state index contributed by atoms with van der Waals surface area (Å²) in [7, 11) is 0. The number of nitrogens with two attached hydrogens (primary N) is 1. The molecule has 0 amide bonds. The van der Waals surface area contributed by atoms with Gasteiger partial charge in [0.05, 0.1) is 6.61 Å². The SMILES string of the molecule is CCCOc1cc(N)cc(N(CC)CC2CC2)c1. The molecule has 3 heteroatoms. The van der Waals surface area contributed by atoms with Crippen LogP contribution in [0, 0.1) is 5.92 Å². The molecule has 1 aliphatic carbocycles. The minimum Gasteiger partial charge on any atom is -0.493 e. The third-order valence-corrected chi connectivity index (χ3v) is 3.31. The third kappa shape index (κ3) is 3.56. The quantitative estimate of drug-likeness (QED) is 0.752. The molecule has 1 aromatic rings. The second kappa shape index (κ2) is 5.98. The first-order valence-corrected chi connectivity index (χ1v) is 7.01. The van der Waals surface area contributed by atoms with E-state index in [9.17, 15) is 0 Å². The van der Waals surface area contributed by atoms with E-state index in [1.165, 1.54) is 18.5 Å². The number of anilines is 2. The van der Waals surface area contributed by atoms with Gasteiger partial charge >= 0.3 is 0 Å². The topological polar surface area (TPSA) is 38.5 Å². The van der Waals surface area contributed by atoms with E-state index in [0.29, 0.717) is 0 Å². The minimum absolute atomic E-state index is 0.748. The highest BCUT2D eigenvalue weighted by Gasteiger charge is 2.24. The lowest BCUT2D eigenvalue weighted by molar-refractivity contribution is 0.317. The Labute approximate surface area is 110 Å². The number of nitrogen functional groups attached to an aromatic ring is 1. The molecular formula is C15H24N2O. The summed E-state index contributed by atoms with van der Waals surface area (Å²) in [5, 5.41) is 0. The Balaban J connectivity index is 2.10. The highest BCUT2D eigenvalue weighted by molar-refractivity contribution is 5.60. The fourth-order valence-corrected chi connectivity index (χ4v) is 2.12. The van der Waals surface area contributed by atoms with Crippen molar-refractivity contribution in [2.24, 2.45) is 5.92 Å². The molecule has 2 rings (SSSR count). The molecule has 0 bridgehead atoms. The van der Waals surface area contributed by atoms with Crippen molar-refractivity contribution in [3.05, 3.63) is 18.2 Å². The summed E-state index contributed by atoms with van der Waals surface area (Å²) in [6.45, 7) is 7.22. The van der Waals surface area contributed by atoms with Gasteiger partial charge < -0.3 is 15.4 Å². The van der Waals surface area contributed by atoms with Crippen LogP contribution in [0.15, 0.2) is 18.2 Å². The summed E-state index contributed by atoms with van der Waals surface area (Å²) in [6.07, 6.45) is 3.76. The molecule has 0 heterocycles. The largest absolute Gasteiger partial charge is 0.493 e. The average Bonchev–Trinajstić information content (AvgIpc) is 3.16. The van der Waals surface area contributed by atoms with Crippen molar-refractivity contribution in [3.63, 3.8) is 0 Å². The van der Waals surface area contributed by atoms with E-state index in [1.807, 2.05) is 12.1 Å². The molecule has 1 aromatic carbocycles. The van der Waals surface area contributed by atoms with E-state index in [2.05, 4.69) is 24.8 Å². The Morgan fingerprint density at radius 2 is 2.06 bits per heavy atom. The zero-order valence-electron chi connectivity index (χ0n) is 11.5. The van der Waals surface area contributed by atoms with Crippen LogP contribution in [0.3, 0.4) is 0 Å². The van der Waals surface area contributed by atoms with Gasteiger partial charge in [0.1, 0.15) is 5.75 Å². The van der Waals surface area contributed by atoms with E-state index < -0.39 is 0 Å². The number of ether oxygens (including phenoxy) is 1. The van der Waals surface area contributed by atoms with Crippen LogP contribution in [0.5, 0.6) is 5.75 Å². The summed E-state index contributed by atoms with van der Waals surface area (Å²) in [4.78, 5) is 2.40. The highest BCUT2D eigenvalue weighted by atomic mass is 16.5. The molecule has 1 aliphatic rings. The highest BCUT2D eigenvalue weighted by Crippen LogP contribution is 2.33. The van der Waals surface area contributed by atoms with E-state index in [0.717, 1.165) is 43.5 Å². The van der Waals surface area contributed by atoms with Gasteiger partial charge in [0.25, 0.3) is 0 Å². The van der Waals surface area contributed by atoms with Crippen molar-refractivity contribution in [1.29, 1.82) is 0 Å². The summed E-state index contributed by atoms with van der Waals surface area (Å²) < 4.78 is 5.69. The summed E-state index contributed by atoms with van der Waals surface area (Å²) in [5.74, 6) is 1.77. The van der Waals surface area contributed by atoms with Crippen molar-refractivity contribution in [1.82, 2.24) is 0 Å². The summed E-state index contributed by atoms with van der Waals surface area (Å²) in [5.41, 5.74) is 7.94. The number of hydrogen-bond donors (Lipinski definition) is 1. The number of rotatable bonds is 7. The first-order chi connectivity index (χ1) is 8.72. The maximum atomic E-state index is 5.96. The van der Waals surface area contributed by atoms with Gasteiger partial charge in [-0.05, 0) is 38.2 Å². The van der Waals surface area contributed by atoms with Gasteiger partial charge in [-0.1, -0.05) is 6.92 Å². The van der Waals surface area contributed by atoms with Gasteiger partial charge in [0.2, 0.25) is 0 Å². The monoisotopic (exact) mass is 248 g/mol. The maximum Gasteiger partial charge on any atom is 0.123 e. The second-order valence-corrected chi connectivity index (χ2v) is 5.09. The van der Waals surface area contributed by atoms with Crippen LogP contribution in [0.1, 0.15) is 33.1 Å². The predicted molar refractivity (Wildman–Crippen MR) is 77.3 cm³/mol. The normalized spacial score (nSPS) is 14.6. The van der Waals surface area contributed by atoms with Crippen LogP contribution in [0.25, 0.3) is 0 Å². The first kappa shape index (κ1) is 13.1. The molecule has 0 atom stereocenters. The average molecular weight is 248 g/mol. The first-order valence-electron chi connectivity index (χ1n) is 7.01. The van der Waals surface area contributed by atoms with Crippen molar-refractivity contribution in [2.75, 3.05) is 30.3 Å². The van der Waals surface area contributed by atoms with Crippen LogP contribution < -0.4 is 15.4 Å². The van der Waals surface area contributed by atoms with Crippen molar-refractivity contribution < 1.29 is 4.74 Å². The Bertz CT molecular complexity index is 388. The molecule has 1 fully saturated rings. The Morgan fingerprint density at radius 3 is 2.67 bits per heavy atom. The molecule has 0 saturated heterocycles. The number of benzene rings is 1. The van der Waals surface area contributed by atoms with E-state index in [1.54, 1.807) is 0 Å². The molecule has 0 spiro atoms. The lowest BCUT2D eigenvalue weighted by atomic mass is 10.2. The number of nitrogens with zero attached hydrogens (tertiary/aromatic N) is 1. The van der Waals surface area contributed by atoms with Crippen LogP contribution >= 0.6 is 0 Å². The van der Waals surface area contributed by atoms with Gasteiger partial charge in [-0.15, -0.1) is 0 Å². The molecule has 3 nitrogen and oxygen atoms in total. The van der Waals surface area contributed by atoms with Crippen molar-refractivity contribution in [2.45, 2.75) is 33.1 Å². The van der Waals surface area contributed by atoms with Crippen molar-refractivity contribution in [3.8, 4) is 5.75 Å². The van der Waals surface area contributed by atoms with Crippen molar-refractivity contribution >= 4 is 11.4 Å². The smallest absolute Gasteiger partial charge is 0.123 e. The fourth-order valence-electron chi connectivity index (χ4n) is 2.12. The third-order valence-electron chi connectivity index (χ3n) is 3.31. The molecule has 1 saturated carbocycles. The second-order valence-electron chi connectivity index (χ2n) is 5.09. The molecule has 0 aromatic heterocycles. The van der Waals surface area contributed by atoms with Gasteiger partial charge in [-0.25, -0.2) is 0 Å². The van der Waals surface area contributed by atoms with Crippen LogP contribution in [0.4, 0.5) is 11.4 Å². The molecule has 18 heavy (non-hydrogen) atoms. The van der Waals surface area contributed by atoms with E-state index >= 15 is 0 Å². The summed E-state index contributed by atoms with van der Waals surface area (Å²) >= 11 is 0. The zero-order valence-corrected chi connectivity index (χ0v) is 11.5. The zero-order chi connectivity index (χ0) is 13.0. The van der Waals surface area contributed by atoms with E-state index in [4.69, 9.17) is 10.5 Å². The van der Waals surface area contributed by atoms with Crippen LogP contribution in [-0.2, 0) is 0 Å². The van der Waals surface area contributed by atoms with Gasteiger partial charge in [-0.3, -0.25) is 0 Å². The van der Waals surface area contributed by atoms with Crippen LogP contribution in [0.2, 0.25) is 0 Å². The lowest BCUT2D eigenvalue weighted by Crippen LogP contribution is -2.25. The molecule has 0 aliphatic heterocycles. The van der Waals surface area contributed by atoms with E-state index in [-0.39, 0.29) is 0 Å².